The summed E-state index contributed by atoms with van der Waals surface area (Å²) < 4.78 is 56.6. The molecule has 0 saturated heterocycles. The number of hydrogen-bond acceptors (Lipinski definition) is 5. The molecule has 1 atom stereocenters. The summed E-state index contributed by atoms with van der Waals surface area (Å²) >= 11 is 0. The molecule has 0 radical (unpaired) electrons. The van der Waals surface area contributed by atoms with Gasteiger partial charge in [0.15, 0.2) is 5.60 Å². The van der Waals surface area contributed by atoms with Crippen LogP contribution in [0.15, 0.2) is 52.9 Å². The van der Waals surface area contributed by atoms with E-state index in [0.29, 0.717) is 46.8 Å². The summed E-state index contributed by atoms with van der Waals surface area (Å²) in [4.78, 5) is 30.1. The molecule has 1 unspecified atom stereocenters. The molecule has 2 amide bonds. The Morgan fingerprint density at radius 3 is 2.43 bits per heavy atom. The van der Waals surface area contributed by atoms with Crippen LogP contribution in [-0.2, 0) is 27.7 Å². The maximum Gasteiger partial charge on any atom is 0.449 e. The lowest BCUT2D eigenvalue weighted by Crippen LogP contribution is -2.59. The minimum Gasteiger partial charge on any atom is -0.491 e. The average molecular weight is 510 g/mol. The highest BCUT2D eigenvalue weighted by Crippen LogP contribution is 2.56. The van der Waals surface area contributed by atoms with E-state index in [1.165, 1.54) is 11.0 Å². The van der Waals surface area contributed by atoms with E-state index in [1.807, 2.05) is 12.1 Å². The Hall–Kier alpha value is -3.95. The number of nitrogens with zero attached hydrogens (tertiary/aromatic N) is 2. The van der Waals surface area contributed by atoms with Gasteiger partial charge in [0.25, 0.3) is 5.91 Å². The van der Waals surface area contributed by atoms with Crippen molar-refractivity contribution in [1.29, 1.82) is 0 Å². The van der Waals surface area contributed by atoms with Crippen molar-refractivity contribution in [2.24, 2.45) is 0 Å². The van der Waals surface area contributed by atoms with Gasteiger partial charge in [-0.2, -0.15) is 13.2 Å². The van der Waals surface area contributed by atoms with Crippen molar-refractivity contribution >= 4 is 23.2 Å². The lowest BCUT2D eigenvalue weighted by atomic mass is 9.76. The normalized spacial score (nSPS) is 23.0. The Labute approximate surface area is 209 Å². The van der Waals surface area contributed by atoms with Crippen molar-refractivity contribution in [3.8, 4) is 11.5 Å². The van der Waals surface area contributed by atoms with Crippen molar-refractivity contribution in [3.63, 3.8) is 0 Å². The van der Waals surface area contributed by atoms with Crippen molar-refractivity contribution in [1.82, 2.24) is 0 Å². The van der Waals surface area contributed by atoms with Gasteiger partial charge in [-0.3, -0.25) is 9.59 Å². The summed E-state index contributed by atoms with van der Waals surface area (Å²) in [5, 5.41) is 0. The highest BCUT2D eigenvalue weighted by Gasteiger charge is 2.58. The SMILES string of the molecule is CN1C(=O)C2(CCC2)Oc2cc3c(cc21)OCC31C(=O)N(Cc2ccc(C(F)(F)F)o2)c2ccccc21. The quantitative estimate of drug-likeness (QED) is 0.495. The minimum atomic E-state index is -4.62. The van der Waals surface area contributed by atoms with Crippen LogP contribution in [0.2, 0.25) is 0 Å². The summed E-state index contributed by atoms with van der Waals surface area (Å²) in [6.07, 6.45) is -2.45. The van der Waals surface area contributed by atoms with Crippen LogP contribution in [0.4, 0.5) is 24.5 Å². The number of para-hydroxylation sites is 1. The zero-order valence-corrected chi connectivity index (χ0v) is 19.7. The van der Waals surface area contributed by atoms with Gasteiger partial charge in [-0.25, -0.2) is 0 Å². The lowest BCUT2D eigenvalue weighted by Gasteiger charge is -2.46. The number of anilines is 2. The number of benzene rings is 2. The maximum atomic E-state index is 14.1. The fourth-order valence-corrected chi connectivity index (χ4v) is 5.95. The highest BCUT2D eigenvalue weighted by molar-refractivity contribution is 6.12. The number of likely N-dealkylation sites (N-methyl/N-ethyl adjacent to an activating group) is 1. The van der Waals surface area contributed by atoms with Crippen LogP contribution in [0.1, 0.15) is 41.9 Å². The van der Waals surface area contributed by atoms with Gasteiger partial charge >= 0.3 is 6.18 Å². The molecule has 190 valence electrons. The summed E-state index contributed by atoms with van der Waals surface area (Å²) in [5.41, 5.74) is 0.386. The van der Waals surface area contributed by atoms with Crippen LogP contribution >= 0.6 is 0 Å². The van der Waals surface area contributed by atoms with Crippen LogP contribution < -0.4 is 19.3 Å². The van der Waals surface area contributed by atoms with Gasteiger partial charge in [-0.15, -0.1) is 0 Å². The molecule has 1 saturated carbocycles. The second kappa shape index (κ2) is 7.08. The maximum absolute atomic E-state index is 14.1. The molecule has 3 aliphatic heterocycles. The third-order valence-corrected chi connectivity index (χ3v) is 8.01. The van der Waals surface area contributed by atoms with E-state index < -0.39 is 23.0 Å². The molecule has 1 aromatic heterocycles. The fourth-order valence-electron chi connectivity index (χ4n) is 5.95. The van der Waals surface area contributed by atoms with Crippen molar-refractivity contribution in [2.75, 3.05) is 23.5 Å². The Morgan fingerprint density at radius 1 is 0.946 bits per heavy atom. The van der Waals surface area contributed by atoms with Crippen LogP contribution in [0.25, 0.3) is 0 Å². The van der Waals surface area contributed by atoms with E-state index >= 15 is 0 Å². The monoisotopic (exact) mass is 510 g/mol. The van der Waals surface area contributed by atoms with Crippen LogP contribution in [0, 0.1) is 0 Å². The molecule has 7 rings (SSSR count). The number of rotatable bonds is 2. The van der Waals surface area contributed by atoms with E-state index in [-0.39, 0.29) is 30.7 Å². The third kappa shape index (κ3) is 2.83. The molecule has 1 fully saturated rings. The van der Waals surface area contributed by atoms with Gasteiger partial charge in [-0.1, -0.05) is 18.2 Å². The molecular weight excluding hydrogens is 489 g/mol. The van der Waals surface area contributed by atoms with E-state index in [9.17, 15) is 22.8 Å². The molecule has 1 aliphatic carbocycles. The van der Waals surface area contributed by atoms with E-state index in [4.69, 9.17) is 13.9 Å². The number of ether oxygens (including phenoxy) is 2. The fraction of sp³-hybridized carbons (Fsp3) is 0.333. The molecular formula is C27H21F3N2O5. The molecule has 0 N–H and O–H groups in total. The molecule has 3 aromatic rings. The third-order valence-electron chi connectivity index (χ3n) is 8.01. The number of fused-ring (bicyclic) bond motifs is 5. The van der Waals surface area contributed by atoms with Crippen molar-refractivity contribution in [2.45, 2.75) is 43.0 Å². The van der Waals surface area contributed by atoms with E-state index in [2.05, 4.69) is 0 Å². The Morgan fingerprint density at radius 2 is 1.73 bits per heavy atom. The number of carbonyl (C=O) groups is 2. The largest absolute Gasteiger partial charge is 0.491 e. The molecule has 4 aliphatic rings. The lowest BCUT2D eigenvalue weighted by molar-refractivity contribution is -0.153. The number of alkyl halides is 3. The smallest absolute Gasteiger partial charge is 0.449 e. The molecule has 2 aromatic carbocycles. The van der Waals surface area contributed by atoms with Gasteiger partial charge in [0.05, 0.1) is 12.2 Å². The van der Waals surface area contributed by atoms with Gasteiger partial charge in [0.1, 0.15) is 29.3 Å². The number of hydrogen-bond donors (Lipinski definition) is 0. The predicted molar refractivity (Wildman–Crippen MR) is 125 cm³/mol. The summed E-state index contributed by atoms with van der Waals surface area (Å²) in [6.45, 7) is -0.142. The Kier molecular flexibility index (Phi) is 4.26. The second-order valence-electron chi connectivity index (χ2n) is 10.00. The topological polar surface area (TPSA) is 72.2 Å². The molecule has 37 heavy (non-hydrogen) atoms. The van der Waals surface area contributed by atoms with Gasteiger partial charge < -0.3 is 23.7 Å². The number of amides is 2. The van der Waals surface area contributed by atoms with Crippen LogP contribution in [0.3, 0.4) is 0 Å². The number of halogens is 3. The highest BCUT2D eigenvalue weighted by atomic mass is 19.4. The summed E-state index contributed by atoms with van der Waals surface area (Å²) in [6, 6.07) is 12.8. The Balaban J connectivity index is 1.32. The van der Waals surface area contributed by atoms with Gasteiger partial charge in [0, 0.05) is 24.4 Å². The van der Waals surface area contributed by atoms with Crippen LogP contribution in [-0.4, -0.2) is 31.1 Å². The zero-order valence-electron chi connectivity index (χ0n) is 19.7. The van der Waals surface area contributed by atoms with Gasteiger partial charge in [-0.05, 0) is 49.1 Å². The molecule has 7 nitrogen and oxygen atoms in total. The Bertz CT molecular complexity index is 1490. The second-order valence-corrected chi connectivity index (χ2v) is 10.00. The average Bonchev–Trinajstić information content (AvgIpc) is 3.53. The van der Waals surface area contributed by atoms with E-state index in [0.717, 1.165) is 12.5 Å². The summed E-state index contributed by atoms with van der Waals surface area (Å²) in [7, 11) is 1.71. The first kappa shape index (κ1) is 22.3. The standard InChI is InChI=1S/C27H21F3N2O5/c1-31-19-12-20-17(11-21(19)37-25(23(31)33)9-4-10-25)26(14-35-20)16-5-2-3-6-18(16)32(24(26)34)13-15-7-8-22(36-15)27(28,29)30/h2-3,5-8,11-12H,4,9-10,13-14H2,1H3. The van der Waals surface area contributed by atoms with Gasteiger partial charge in [0.2, 0.25) is 11.7 Å². The van der Waals surface area contributed by atoms with Crippen molar-refractivity contribution in [3.05, 3.63) is 71.2 Å². The molecule has 4 heterocycles. The molecule has 10 heteroatoms. The van der Waals surface area contributed by atoms with Crippen LogP contribution in [0.5, 0.6) is 11.5 Å². The molecule has 2 spiro atoms. The van der Waals surface area contributed by atoms with E-state index in [1.54, 1.807) is 36.2 Å². The van der Waals surface area contributed by atoms with Crippen molar-refractivity contribution < 1.29 is 36.7 Å². The first-order valence-electron chi connectivity index (χ1n) is 12.0. The first-order valence-corrected chi connectivity index (χ1v) is 12.0. The minimum absolute atomic E-state index is 0.0202. The summed E-state index contributed by atoms with van der Waals surface area (Å²) in [5.74, 6) is -0.532. The number of furan rings is 1. The predicted octanol–water partition coefficient (Wildman–Crippen LogP) is 4.80. The number of carbonyl (C=O) groups excluding carboxylic acids is 2. The molecule has 0 bridgehead atoms. The first-order chi connectivity index (χ1) is 17.6. The zero-order chi connectivity index (χ0) is 25.7.